The molecule has 8 nitrogen and oxygen atoms in total. The molecule has 80 heavy (non-hydrogen) atoms. The van der Waals surface area contributed by atoms with E-state index >= 15 is 0 Å². The third-order valence-electron chi connectivity index (χ3n) is 15.9. The fourth-order valence-electron chi connectivity index (χ4n) is 10.9. The van der Waals surface area contributed by atoms with E-state index in [1.165, 1.54) is 80.9 Å². The zero-order chi connectivity index (χ0) is 59.2. The van der Waals surface area contributed by atoms with Crippen molar-refractivity contribution >= 4 is 118 Å². The van der Waals surface area contributed by atoms with Crippen LogP contribution in [0.1, 0.15) is 183 Å². The molecule has 0 radical (unpaired) electrons. The van der Waals surface area contributed by atoms with Gasteiger partial charge in [-0.15, -0.1) is 30.0 Å². The van der Waals surface area contributed by atoms with Crippen molar-refractivity contribution in [1.29, 1.82) is 0 Å². The van der Waals surface area contributed by atoms with Crippen LogP contribution in [-0.4, -0.2) is 44.2 Å². The van der Waals surface area contributed by atoms with Crippen LogP contribution in [0.15, 0.2) is 112 Å². The molecule has 9 rings (SSSR count). The average molecular weight is 1470 g/mol. The lowest BCUT2D eigenvalue weighted by Gasteiger charge is -2.53. The standard InChI is InChI=1S/C24H30Br2.2C21H25Br2N3O/c1-5-7-13-23(3)21-15-17(25)9-11-19(21)20-12-10-18(26)16-22(20)24(23,4)14-8-6-2;2*1-20(2,3)12-10-13(21(4,5)6)19(27-7)16(11-12)26-24-17-14(22)8-9-15(23)18(17)25-26/h9-12,15-16H,5-8,13-14H2,1-4H3;2*8-11H,1-7H3. The molecule has 0 spiro atoms. The molecule has 1 aliphatic rings. The van der Waals surface area contributed by atoms with Crippen LogP contribution in [0.25, 0.3) is 44.6 Å². The first-order valence-electron chi connectivity index (χ1n) is 27.7. The van der Waals surface area contributed by atoms with E-state index in [1.54, 1.807) is 23.8 Å². The highest BCUT2D eigenvalue weighted by Crippen LogP contribution is 2.59. The van der Waals surface area contributed by atoms with Crippen LogP contribution in [0.3, 0.4) is 0 Å². The second kappa shape index (κ2) is 24.7. The molecule has 0 saturated carbocycles. The van der Waals surface area contributed by atoms with Crippen LogP contribution < -0.4 is 9.47 Å². The Hall–Kier alpha value is -3.40. The molecule has 2 unspecified atom stereocenters. The number of halogens is 6. The molecule has 6 aromatic carbocycles. The smallest absolute Gasteiger partial charge is 0.150 e. The zero-order valence-corrected chi connectivity index (χ0v) is 59.6. The Labute approximate surface area is 527 Å². The molecule has 0 aliphatic heterocycles. The summed E-state index contributed by atoms with van der Waals surface area (Å²) >= 11 is 21.8. The minimum absolute atomic E-state index is 0.00519. The normalized spacial score (nSPS) is 16.4. The number of benzene rings is 6. The van der Waals surface area contributed by atoms with Gasteiger partial charge < -0.3 is 9.47 Å². The van der Waals surface area contributed by atoms with Crippen molar-refractivity contribution in [2.75, 3.05) is 14.2 Å². The molecular formula is C66H80Br6N6O2. The van der Waals surface area contributed by atoms with Gasteiger partial charge in [-0.2, -0.15) is 0 Å². The summed E-state index contributed by atoms with van der Waals surface area (Å²) in [6.45, 7) is 36.1. The highest BCUT2D eigenvalue weighted by molar-refractivity contribution is 9.11. The zero-order valence-electron chi connectivity index (χ0n) is 50.1. The number of unbranched alkanes of at least 4 members (excludes halogenated alkanes) is 2. The number of fused-ring (bicyclic) bond motifs is 5. The Morgan fingerprint density at radius 3 is 0.975 bits per heavy atom. The van der Waals surface area contributed by atoms with Crippen molar-refractivity contribution in [2.45, 2.75) is 182 Å². The Bertz CT molecular complexity index is 3250. The van der Waals surface area contributed by atoms with Crippen molar-refractivity contribution in [3.63, 3.8) is 0 Å². The Balaban J connectivity index is 0.000000173. The highest BCUT2D eigenvalue weighted by atomic mass is 79.9. The minimum atomic E-state index is -0.0743. The van der Waals surface area contributed by atoms with E-state index in [4.69, 9.17) is 29.9 Å². The first-order chi connectivity index (χ1) is 37.2. The fraction of sp³-hybridized carbons (Fsp3) is 0.455. The number of ether oxygens (including phenoxy) is 2. The van der Waals surface area contributed by atoms with E-state index in [-0.39, 0.29) is 32.5 Å². The molecule has 0 bridgehead atoms. The van der Waals surface area contributed by atoms with E-state index in [2.05, 4.69) is 267 Å². The van der Waals surface area contributed by atoms with Gasteiger partial charge in [0.25, 0.3) is 0 Å². The first kappa shape index (κ1) is 64.2. The summed E-state index contributed by atoms with van der Waals surface area (Å²) in [5.41, 5.74) is 15.7. The van der Waals surface area contributed by atoms with Gasteiger partial charge in [0.1, 0.15) is 44.9 Å². The molecule has 2 aromatic heterocycles. The van der Waals surface area contributed by atoms with Crippen molar-refractivity contribution in [3.8, 4) is 34.0 Å². The molecule has 428 valence electrons. The topological polar surface area (TPSA) is 79.9 Å². The molecule has 1 aliphatic carbocycles. The maximum atomic E-state index is 5.86. The fourth-order valence-corrected chi connectivity index (χ4v) is 13.2. The van der Waals surface area contributed by atoms with Crippen molar-refractivity contribution in [1.82, 2.24) is 30.0 Å². The van der Waals surface area contributed by atoms with E-state index in [9.17, 15) is 0 Å². The van der Waals surface area contributed by atoms with Gasteiger partial charge in [0.05, 0.1) is 14.2 Å². The van der Waals surface area contributed by atoms with E-state index < -0.39 is 0 Å². The average Bonchev–Trinajstić information content (AvgIpc) is 4.06. The van der Waals surface area contributed by atoms with Crippen LogP contribution in [0, 0.1) is 0 Å². The molecular weight excluding hydrogens is 1390 g/mol. The van der Waals surface area contributed by atoms with E-state index in [0.29, 0.717) is 0 Å². The van der Waals surface area contributed by atoms with E-state index in [1.807, 2.05) is 24.3 Å². The summed E-state index contributed by atoms with van der Waals surface area (Å²) in [4.78, 5) is 3.37. The third-order valence-corrected chi connectivity index (χ3v) is 19.5. The molecule has 2 heterocycles. The second-order valence-electron chi connectivity index (χ2n) is 25.8. The van der Waals surface area contributed by atoms with Gasteiger partial charge in [0.15, 0.2) is 0 Å². The van der Waals surface area contributed by atoms with Crippen molar-refractivity contribution < 1.29 is 9.47 Å². The SMILES string of the molecule is CCCCC1(C)c2cc(Br)ccc2-c2ccc(Br)cc2C1(C)CCCC.COc1c(-n2nc3c(Br)ccc(Br)c3n2)cc(C(C)(C)C)cc1C(C)(C)C.COc1c(-n2nc3c(Br)ccc(Br)c3n2)cc(C(C)(C)C)cc1C(C)(C)C. The van der Waals surface area contributed by atoms with Crippen LogP contribution in [0.2, 0.25) is 0 Å². The molecule has 0 amide bonds. The van der Waals surface area contributed by atoms with E-state index in [0.717, 1.165) is 74.0 Å². The van der Waals surface area contributed by atoms with Crippen molar-refractivity contribution in [2.24, 2.45) is 0 Å². The molecule has 14 heteroatoms. The van der Waals surface area contributed by atoms with Gasteiger partial charge in [-0.25, -0.2) is 0 Å². The number of hydrogen-bond donors (Lipinski definition) is 0. The summed E-state index contributed by atoms with van der Waals surface area (Å²) in [6.07, 6.45) is 7.50. The molecule has 2 atom stereocenters. The lowest BCUT2D eigenvalue weighted by molar-refractivity contribution is 0.207. The second-order valence-corrected chi connectivity index (χ2v) is 31.1. The predicted octanol–water partition coefficient (Wildman–Crippen LogP) is 21.9. The molecule has 0 fully saturated rings. The van der Waals surface area contributed by atoms with Gasteiger partial charge in [-0.05, 0) is 192 Å². The van der Waals surface area contributed by atoms with Crippen LogP contribution >= 0.6 is 95.6 Å². The van der Waals surface area contributed by atoms with Gasteiger partial charge in [0, 0.05) is 48.8 Å². The number of rotatable bonds is 10. The minimum Gasteiger partial charge on any atom is -0.494 e. The maximum Gasteiger partial charge on any atom is 0.150 e. The number of nitrogens with zero attached hydrogens (tertiary/aromatic N) is 6. The monoisotopic (exact) mass is 1460 g/mol. The summed E-state index contributed by atoms with van der Waals surface area (Å²) in [5.74, 6) is 1.62. The maximum absolute atomic E-state index is 5.86. The summed E-state index contributed by atoms with van der Waals surface area (Å²) in [5, 5.41) is 19.0. The predicted molar refractivity (Wildman–Crippen MR) is 357 cm³/mol. The van der Waals surface area contributed by atoms with Gasteiger partial charge in [-0.1, -0.05) is 193 Å². The summed E-state index contributed by atoms with van der Waals surface area (Å²) in [7, 11) is 3.42. The van der Waals surface area contributed by atoms with Gasteiger partial charge >= 0.3 is 0 Å². The summed E-state index contributed by atoms with van der Waals surface area (Å²) in [6, 6.07) is 30.4. The Morgan fingerprint density at radius 1 is 0.425 bits per heavy atom. The molecule has 0 N–H and O–H groups in total. The van der Waals surface area contributed by atoms with Crippen molar-refractivity contribution in [3.05, 3.63) is 145 Å². The Morgan fingerprint density at radius 2 is 0.725 bits per heavy atom. The van der Waals surface area contributed by atoms with Crippen LogP contribution in [0.4, 0.5) is 0 Å². The molecule has 0 saturated heterocycles. The lowest BCUT2D eigenvalue weighted by Crippen LogP contribution is -2.48. The van der Waals surface area contributed by atoms with Crippen LogP contribution in [-0.2, 0) is 32.5 Å². The largest absolute Gasteiger partial charge is 0.494 e. The van der Waals surface area contributed by atoms with Gasteiger partial charge in [-0.3, -0.25) is 0 Å². The quantitative estimate of drug-likeness (QED) is 0.136. The van der Waals surface area contributed by atoms with Crippen LogP contribution in [0.5, 0.6) is 11.5 Å². The summed E-state index contributed by atoms with van der Waals surface area (Å²) < 4.78 is 17.7. The third kappa shape index (κ3) is 13.1. The highest BCUT2D eigenvalue weighted by Gasteiger charge is 2.51. The van der Waals surface area contributed by atoms with Gasteiger partial charge in [0.2, 0.25) is 0 Å². The first-order valence-corrected chi connectivity index (χ1v) is 32.5. The Kier molecular flexibility index (Phi) is 19.8. The lowest BCUT2D eigenvalue weighted by atomic mass is 9.51. The number of aromatic nitrogens is 6. The number of methoxy groups -OCH3 is 2. The molecule has 8 aromatic rings. The number of hydrogen-bond acceptors (Lipinski definition) is 6.